The van der Waals surface area contributed by atoms with E-state index in [9.17, 15) is 4.79 Å². The summed E-state index contributed by atoms with van der Waals surface area (Å²) in [6.45, 7) is 15.8. The summed E-state index contributed by atoms with van der Waals surface area (Å²) >= 11 is 0. The smallest absolute Gasteiger partial charge is 0.224 e. The highest BCUT2D eigenvalue weighted by Crippen LogP contribution is 2.41. The lowest BCUT2D eigenvalue weighted by Gasteiger charge is -2.54. The summed E-state index contributed by atoms with van der Waals surface area (Å²) in [6, 6.07) is 0. The molecule has 4 heteroatoms. The molecular formula is C13H27NO2Si. The minimum absolute atomic E-state index is 0.00147. The third-order valence-electron chi connectivity index (χ3n) is 3.17. The Morgan fingerprint density at radius 1 is 1.35 bits per heavy atom. The molecule has 1 amide bonds. The van der Waals surface area contributed by atoms with Crippen molar-refractivity contribution in [2.75, 3.05) is 6.61 Å². The molecule has 2 atom stereocenters. The molecule has 2 unspecified atom stereocenters. The van der Waals surface area contributed by atoms with Gasteiger partial charge in [-0.25, -0.2) is 0 Å². The number of carbonyl (C=O) groups is 1. The van der Waals surface area contributed by atoms with Crippen LogP contribution in [-0.4, -0.2) is 32.3 Å². The Kier molecular flexibility index (Phi) is 4.41. The minimum Gasteiger partial charge on any atom is -0.358 e. The standard InChI is InChI=1S/C13H27NO2Si/c1-9(2)8-16-12-10(13(3,4)5)11(15)14(12)17(6)7/h9-10,12,17H,8H2,1-7H3. The number of β-lactam (4-membered cyclic amide) rings is 1. The minimum atomic E-state index is -1.11. The van der Waals surface area contributed by atoms with Crippen molar-refractivity contribution in [2.24, 2.45) is 17.3 Å². The highest BCUT2D eigenvalue weighted by Gasteiger charge is 2.54. The van der Waals surface area contributed by atoms with Crippen LogP contribution >= 0.6 is 0 Å². The lowest BCUT2D eigenvalue weighted by molar-refractivity contribution is -0.191. The predicted molar refractivity (Wildman–Crippen MR) is 73.2 cm³/mol. The van der Waals surface area contributed by atoms with Gasteiger partial charge in [0.1, 0.15) is 15.2 Å². The zero-order chi connectivity index (χ0) is 13.4. The fourth-order valence-electron chi connectivity index (χ4n) is 2.30. The normalized spacial score (nSPS) is 25.7. The maximum absolute atomic E-state index is 12.2. The zero-order valence-electron chi connectivity index (χ0n) is 12.3. The topological polar surface area (TPSA) is 29.5 Å². The maximum Gasteiger partial charge on any atom is 0.224 e. The summed E-state index contributed by atoms with van der Waals surface area (Å²) in [7, 11) is -1.11. The highest BCUT2D eigenvalue weighted by atomic mass is 28.3. The number of ether oxygens (including phenoxy) is 1. The summed E-state index contributed by atoms with van der Waals surface area (Å²) in [6.07, 6.45) is 0.0246. The zero-order valence-corrected chi connectivity index (χ0v) is 13.4. The number of nitrogens with zero attached hydrogens (tertiary/aromatic N) is 1. The van der Waals surface area contributed by atoms with Crippen LogP contribution in [0.4, 0.5) is 0 Å². The van der Waals surface area contributed by atoms with E-state index in [4.69, 9.17) is 4.74 Å². The number of rotatable bonds is 4. The van der Waals surface area contributed by atoms with Crippen LogP contribution in [0.15, 0.2) is 0 Å². The third-order valence-corrected chi connectivity index (χ3v) is 4.83. The van der Waals surface area contributed by atoms with Gasteiger partial charge in [-0.05, 0) is 11.3 Å². The quantitative estimate of drug-likeness (QED) is 0.572. The molecular weight excluding hydrogens is 230 g/mol. The molecule has 100 valence electrons. The molecule has 1 heterocycles. The van der Waals surface area contributed by atoms with Gasteiger partial charge >= 0.3 is 0 Å². The SMILES string of the molecule is CC(C)COC1C(C(C)(C)C)C(=O)N1[SiH](C)C. The van der Waals surface area contributed by atoms with Gasteiger partial charge in [-0.1, -0.05) is 47.7 Å². The fourth-order valence-corrected chi connectivity index (χ4v) is 3.82. The second-order valence-electron chi connectivity index (χ2n) is 6.80. The maximum atomic E-state index is 12.2. The van der Waals surface area contributed by atoms with Crippen molar-refractivity contribution < 1.29 is 9.53 Å². The Hall–Kier alpha value is -0.353. The number of amides is 1. The molecule has 0 saturated carbocycles. The van der Waals surface area contributed by atoms with Crippen LogP contribution in [0.2, 0.25) is 13.1 Å². The summed E-state index contributed by atoms with van der Waals surface area (Å²) in [5.41, 5.74) is -0.00147. The average Bonchev–Trinajstić information content (AvgIpc) is 2.07. The first-order valence-corrected chi connectivity index (χ1v) is 9.42. The molecule has 1 aliphatic heterocycles. The van der Waals surface area contributed by atoms with Crippen molar-refractivity contribution >= 4 is 14.9 Å². The Morgan fingerprint density at radius 3 is 2.24 bits per heavy atom. The lowest BCUT2D eigenvalue weighted by atomic mass is 9.75. The van der Waals surface area contributed by atoms with Crippen molar-refractivity contribution in [3.05, 3.63) is 0 Å². The molecule has 1 aliphatic rings. The van der Waals surface area contributed by atoms with E-state index in [0.717, 1.165) is 6.61 Å². The van der Waals surface area contributed by atoms with Crippen LogP contribution in [0.25, 0.3) is 0 Å². The molecule has 0 aliphatic carbocycles. The first kappa shape index (κ1) is 14.7. The van der Waals surface area contributed by atoms with Crippen molar-refractivity contribution in [1.82, 2.24) is 4.57 Å². The van der Waals surface area contributed by atoms with E-state index >= 15 is 0 Å². The van der Waals surface area contributed by atoms with Crippen LogP contribution in [0.1, 0.15) is 34.6 Å². The molecule has 0 N–H and O–H groups in total. The van der Waals surface area contributed by atoms with Crippen molar-refractivity contribution in [3.8, 4) is 0 Å². The van der Waals surface area contributed by atoms with Crippen molar-refractivity contribution in [1.29, 1.82) is 0 Å². The molecule has 0 spiro atoms. The summed E-state index contributed by atoms with van der Waals surface area (Å²) in [5.74, 6) is 0.853. The van der Waals surface area contributed by atoms with Crippen molar-refractivity contribution in [2.45, 2.75) is 53.9 Å². The largest absolute Gasteiger partial charge is 0.358 e. The first-order valence-electron chi connectivity index (χ1n) is 6.60. The predicted octanol–water partition coefficient (Wildman–Crippen LogP) is 2.47. The molecule has 3 nitrogen and oxygen atoms in total. The number of hydrogen-bond acceptors (Lipinski definition) is 2. The third kappa shape index (κ3) is 3.10. The second kappa shape index (κ2) is 5.10. The highest BCUT2D eigenvalue weighted by molar-refractivity contribution is 6.56. The van der Waals surface area contributed by atoms with Crippen LogP contribution in [-0.2, 0) is 9.53 Å². The average molecular weight is 257 g/mol. The van der Waals surface area contributed by atoms with Crippen LogP contribution in [0, 0.1) is 17.3 Å². The van der Waals surface area contributed by atoms with Gasteiger partial charge in [0.15, 0.2) is 0 Å². The molecule has 1 fully saturated rings. The Morgan fingerprint density at radius 2 is 1.88 bits per heavy atom. The van der Waals surface area contributed by atoms with E-state index < -0.39 is 8.96 Å². The molecule has 1 rings (SSSR count). The van der Waals surface area contributed by atoms with Crippen LogP contribution in [0.3, 0.4) is 0 Å². The van der Waals surface area contributed by atoms with E-state index in [1.54, 1.807) is 0 Å². The summed E-state index contributed by atoms with van der Waals surface area (Å²) in [4.78, 5) is 12.2. The molecule has 0 aromatic rings. The van der Waals surface area contributed by atoms with Crippen molar-refractivity contribution in [3.63, 3.8) is 0 Å². The summed E-state index contributed by atoms with van der Waals surface area (Å²) in [5, 5.41) is 0. The van der Waals surface area contributed by atoms with Gasteiger partial charge in [0.2, 0.25) is 5.91 Å². The molecule has 1 saturated heterocycles. The second-order valence-corrected chi connectivity index (χ2v) is 9.54. The Labute approximate surface area is 107 Å². The van der Waals surface area contributed by atoms with Gasteiger partial charge in [0, 0.05) is 0 Å². The molecule has 0 aromatic heterocycles. The molecule has 17 heavy (non-hydrogen) atoms. The Bertz CT molecular complexity index is 284. The fraction of sp³-hybridized carbons (Fsp3) is 0.923. The van der Waals surface area contributed by atoms with E-state index in [2.05, 4.69) is 47.7 Å². The Balaban J connectivity index is 2.75. The van der Waals surface area contributed by atoms with Crippen LogP contribution < -0.4 is 0 Å². The van der Waals surface area contributed by atoms with E-state index in [-0.39, 0.29) is 17.6 Å². The van der Waals surface area contributed by atoms with Gasteiger partial charge in [-0.2, -0.15) is 0 Å². The van der Waals surface area contributed by atoms with E-state index in [1.807, 2.05) is 4.57 Å². The van der Waals surface area contributed by atoms with Gasteiger partial charge in [0.25, 0.3) is 0 Å². The monoisotopic (exact) mass is 257 g/mol. The first-order chi connectivity index (χ1) is 7.66. The number of hydrogen-bond donors (Lipinski definition) is 0. The van der Waals surface area contributed by atoms with Crippen LogP contribution in [0.5, 0.6) is 0 Å². The molecule has 0 bridgehead atoms. The van der Waals surface area contributed by atoms with Gasteiger partial charge in [-0.3, -0.25) is 4.79 Å². The number of carbonyl (C=O) groups excluding carboxylic acids is 1. The van der Waals surface area contributed by atoms with E-state index in [0.29, 0.717) is 11.8 Å². The molecule has 0 aromatic carbocycles. The lowest BCUT2D eigenvalue weighted by Crippen LogP contribution is -2.69. The van der Waals surface area contributed by atoms with Gasteiger partial charge in [-0.15, -0.1) is 0 Å². The van der Waals surface area contributed by atoms with E-state index in [1.165, 1.54) is 0 Å². The molecule has 0 radical (unpaired) electrons. The van der Waals surface area contributed by atoms with Gasteiger partial charge in [0.05, 0.1) is 12.5 Å². The summed E-state index contributed by atoms with van der Waals surface area (Å²) < 4.78 is 7.97. The van der Waals surface area contributed by atoms with Gasteiger partial charge < -0.3 is 9.30 Å².